The van der Waals surface area contributed by atoms with Crippen molar-refractivity contribution < 1.29 is 4.79 Å². The molecule has 0 saturated heterocycles. The molecule has 1 aromatic rings. The van der Waals surface area contributed by atoms with Gasteiger partial charge in [0.05, 0.1) is 10.6 Å². The first-order chi connectivity index (χ1) is 9.58. The normalized spacial score (nSPS) is 12.0. The van der Waals surface area contributed by atoms with Crippen LogP contribution in [0.25, 0.3) is 0 Å². The van der Waals surface area contributed by atoms with Gasteiger partial charge < -0.3 is 10.6 Å². The Bertz CT molecular complexity index is 437. The maximum Gasteiger partial charge on any atom is 0.253 e. The zero-order valence-corrected chi connectivity index (χ0v) is 13.3. The van der Waals surface area contributed by atoms with E-state index in [0.717, 1.165) is 32.2 Å². The van der Waals surface area contributed by atoms with Gasteiger partial charge in [-0.15, -0.1) is 0 Å². The van der Waals surface area contributed by atoms with Crippen LogP contribution >= 0.6 is 11.6 Å². The lowest BCUT2D eigenvalue weighted by molar-refractivity contribution is 0.0938. The largest absolute Gasteiger partial charge is 0.370 e. The molecule has 0 radical (unpaired) electrons. The number of unbranched alkanes of at least 4 members (excludes halogenated alkanes) is 1. The number of halogens is 1. The fraction of sp³-hybridized carbons (Fsp3) is 0.600. The first kappa shape index (κ1) is 16.8. The monoisotopic (exact) mass is 297 g/mol. The number of aromatic nitrogens is 1. The highest BCUT2D eigenvalue weighted by Gasteiger charge is 2.14. The molecular weight excluding hydrogens is 274 g/mol. The van der Waals surface area contributed by atoms with Crippen molar-refractivity contribution >= 4 is 23.3 Å². The highest BCUT2D eigenvalue weighted by Crippen LogP contribution is 2.18. The standard InChI is InChI=1S/C15H24ClN3O/c1-4-6-7-11(3)19-15(20)12-9-14(17-8-5-2)18-10-13(12)16/h9-11H,4-8H2,1-3H3,(H,17,18)(H,19,20). The van der Waals surface area contributed by atoms with E-state index in [1.807, 2.05) is 6.92 Å². The number of anilines is 1. The Hall–Kier alpha value is -1.29. The van der Waals surface area contributed by atoms with Crippen molar-refractivity contribution in [1.82, 2.24) is 10.3 Å². The molecule has 1 aromatic heterocycles. The van der Waals surface area contributed by atoms with Crippen LogP contribution < -0.4 is 10.6 Å². The van der Waals surface area contributed by atoms with Crippen molar-refractivity contribution in [2.75, 3.05) is 11.9 Å². The predicted octanol–water partition coefficient (Wildman–Crippen LogP) is 3.87. The summed E-state index contributed by atoms with van der Waals surface area (Å²) in [5.74, 6) is 0.545. The summed E-state index contributed by atoms with van der Waals surface area (Å²) < 4.78 is 0. The number of hydrogen-bond acceptors (Lipinski definition) is 3. The molecule has 1 unspecified atom stereocenters. The first-order valence-electron chi connectivity index (χ1n) is 7.28. The molecule has 0 saturated carbocycles. The highest BCUT2D eigenvalue weighted by molar-refractivity contribution is 6.33. The minimum atomic E-state index is -0.138. The Balaban J connectivity index is 2.70. The number of rotatable bonds is 8. The van der Waals surface area contributed by atoms with E-state index in [2.05, 4.69) is 29.5 Å². The molecule has 2 N–H and O–H groups in total. The molecule has 1 rings (SSSR count). The van der Waals surface area contributed by atoms with Gasteiger partial charge in [0.2, 0.25) is 0 Å². The van der Waals surface area contributed by atoms with E-state index in [1.54, 1.807) is 6.07 Å². The lowest BCUT2D eigenvalue weighted by Gasteiger charge is -2.14. The maximum absolute atomic E-state index is 12.2. The zero-order valence-electron chi connectivity index (χ0n) is 12.5. The van der Waals surface area contributed by atoms with Crippen molar-refractivity contribution in [2.45, 2.75) is 52.5 Å². The van der Waals surface area contributed by atoms with E-state index in [0.29, 0.717) is 16.4 Å². The summed E-state index contributed by atoms with van der Waals surface area (Å²) in [5.41, 5.74) is 0.476. The van der Waals surface area contributed by atoms with Crippen LogP contribution in [0.5, 0.6) is 0 Å². The van der Waals surface area contributed by atoms with Gasteiger partial charge in [-0.2, -0.15) is 0 Å². The van der Waals surface area contributed by atoms with Gasteiger partial charge in [-0.1, -0.05) is 38.3 Å². The van der Waals surface area contributed by atoms with Crippen LogP contribution in [-0.2, 0) is 0 Å². The van der Waals surface area contributed by atoms with Gasteiger partial charge in [0, 0.05) is 18.8 Å². The smallest absolute Gasteiger partial charge is 0.253 e. The molecular formula is C15H24ClN3O. The third-order valence-electron chi connectivity index (χ3n) is 3.02. The molecule has 1 atom stereocenters. The predicted molar refractivity (Wildman–Crippen MR) is 84.5 cm³/mol. The second kappa shape index (κ2) is 8.80. The van der Waals surface area contributed by atoms with E-state index in [1.165, 1.54) is 6.20 Å². The van der Waals surface area contributed by atoms with Gasteiger partial charge in [-0.25, -0.2) is 4.98 Å². The number of nitrogens with one attached hydrogen (secondary N) is 2. The lowest BCUT2D eigenvalue weighted by atomic mass is 10.1. The van der Waals surface area contributed by atoms with Gasteiger partial charge in [-0.3, -0.25) is 4.79 Å². The van der Waals surface area contributed by atoms with Gasteiger partial charge in [0.15, 0.2) is 0 Å². The third-order valence-corrected chi connectivity index (χ3v) is 3.33. The quantitative estimate of drug-likeness (QED) is 0.766. The zero-order chi connectivity index (χ0) is 15.0. The number of carbonyl (C=O) groups excluding carboxylic acids is 1. The maximum atomic E-state index is 12.2. The van der Waals surface area contributed by atoms with Crippen molar-refractivity contribution in [2.24, 2.45) is 0 Å². The number of hydrogen-bond donors (Lipinski definition) is 2. The summed E-state index contributed by atoms with van der Waals surface area (Å²) in [7, 11) is 0. The van der Waals surface area contributed by atoms with Crippen molar-refractivity contribution in [3.63, 3.8) is 0 Å². The molecule has 1 amide bonds. The Morgan fingerprint density at radius 3 is 2.80 bits per heavy atom. The molecule has 0 fully saturated rings. The minimum absolute atomic E-state index is 0.138. The molecule has 0 aliphatic rings. The fourth-order valence-electron chi connectivity index (χ4n) is 1.85. The van der Waals surface area contributed by atoms with Crippen molar-refractivity contribution in [3.05, 3.63) is 22.8 Å². The topological polar surface area (TPSA) is 54.0 Å². The summed E-state index contributed by atoms with van der Waals surface area (Å²) in [5, 5.41) is 6.51. The molecule has 1 heterocycles. The molecule has 0 aromatic carbocycles. The third kappa shape index (κ3) is 5.37. The molecule has 0 aliphatic heterocycles. The Kier molecular flexibility index (Phi) is 7.37. The van der Waals surface area contributed by atoms with Crippen LogP contribution in [-0.4, -0.2) is 23.5 Å². The average Bonchev–Trinajstić information content (AvgIpc) is 2.44. The number of pyridine rings is 1. The summed E-state index contributed by atoms with van der Waals surface area (Å²) >= 11 is 6.06. The van der Waals surface area contributed by atoms with E-state index in [4.69, 9.17) is 11.6 Å². The van der Waals surface area contributed by atoms with Gasteiger partial charge in [0.1, 0.15) is 5.82 Å². The number of nitrogens with zero attached hydrogens (tertiary/aromatic N) is 1. The van der Waals surface area contributed by atoms with Crippen LogP contribution in [0, 0.1) is 0 Å². The molecule has 4 nitrogen and oxygen atoms in total. The summed E-state index contributed by atoms with van der Waals surface area (Å²) in [6.07, 6.45) is 5.73. The van der Waals surface area contributed by atoms with Crippen LogP contribution in [0.1, 0.15) is 56.8 Å². The van der Waals surface area contributed by atoms with Gasteiger partial charge >= 0.3 is 0 Å². The highest BCUT2D eigenvalue weighted by atomic mass is 35.5. The Morgan fingerprint density at radius 1 is 1.40 bits per heavy atom. The average molecular weight is 298 g/mol. The van der Waals surface area contributed by atoms with Crippen LogP contribution in [0.3, 0.4) is 0 Å². The summed E-state index contributed by atoms with van der Waals surface area (Å²) in [6.45, 7) is 7.05. The molecule has 0 aliphatic carbocycles. The fourth-order valence-corrected chi connectivity index (χ4v) is 2.04. The van der Waals surface area contributed by atoms with Crippen molar-refractivity contribution in [1.29, 1.82) is 0 Å². The summed E-state index contributed by atoms with van der Waals surface area (Å²) in [6, 6.07) is 1.86. The van der Waals surface area contributed by atoms with E-state index in [9.17, 15) is 4.79 Å². The second-order valence-corrected chi connectivity index (χ2v) is 5.40. The SMILES string of the molecule is CCCCC(C)NC(=O)c1cc(NCCC)ncc1Cl. The van der Waals surface area contributed by atoms with E-state index >= 15 is 0 Å². The lowest BCUT2D eigenvalue weighted by Crippen LogP contribution is -2.32. The van der Waals surface area contributed by atoms with Crippen LogP contribution in [0.15, 0.2) is 12.3 Å². The number of carbonyl (C=O) groups is 1. The minimum Gasteiger partial charge on any atom is -0.370 e. The van der Waals surface area contributed by atoms with E-state index in [-0.39, 0.29) is 11.9 Å². The molecule has 112 valence electrons. The molecule has 0 bridgehead atoms. The van der Waals surface area contributed by atoms with E-state index < -0.39 is 0 Å². The van der Waals surface area contributed by atoms with Crippen LogP contribution in [0.2, 0.25) is 5.02 Å². The van der Waals surface area contributed by atoms with Gasteiger partial charge in [0.25, 0.3) is 5.91 Å². The first-order valence-corrected chi connectivity index (χ1v) is 7.66. The Morgan fingerprint density at radius 2 is 2.15 bits per heavy atom. The number of amides is 1. The van der Waals surface area contributed by atoms with Crippen LogP contribution in [0.4, 0.5) is 5.82 Å². The van der Waals surface area contributed by atoms with Gasteiger partial charge in [-0.05, 0) is 25.8 Å². The second-order valence-electron chi connectivity index (χ2n) is 4.99. The molecule has 20 heavy (non-hydrogen) atoms. The van der Waals surface area contributed by atoms with Crippen molar-refractivity contribution in [3.8, 4) is 0 Å². The summed E-state index contributed by atoms with van der Waals surface area (Å²) in [4.78, 5) is 16.4. The molecule has 5 heteroatoms. The Labute approximate surface area is 126 Å². The molecule has 0 spiro atoms.